The number of rotatable bonds is 4. The third kappa shape index (κ3) is 3.85. The largest absolute Gasteiger partial charge is 0.207 e. The highest BCUT2D eigenvalue weighted by atomic mass is 35.5. The molecule has 0 bridgehead atoms. The molecule has 0 amide bonds. The highest BCUT2D eigenvalue weighted by molar-refractivity contribution is 6.33. The van der Waals surface area contributed by atoms with Crippen LogP contribution in [0.4, 0.5) is 4.39 Å². The Bertz CT molecular complexity index is 569. The molecule has 19 heavy (non-hydrogen) atoms. The second kappa shape index (κ2) is 6.60. The van der Waals surface area contributed by atoms with Gasteiger partial charge in [0.25, 0.3) is 0 Å². The van der Waals surface area contributed by atoms with Crippen LogP contribution in [0.2, 0.25) is 10.0 Å². The molecule has 0 fully saturated rings. The van der Waals surface area contributed by atoms with Crippen molar-refractivity contribution >= 4 is 34.8 Å². The fraction of sp³-hybridized carbons (Fsp3) is 0.200. The van der Waals surface area contributed by atoms with Gasteiger partial charge in [-0.3, -0.25) is 0 Å². The molecule has 2 aromatic carbocycles. The highest BCUT2D eigenvalue weighted by Gasteiger charge is 2.14. The van der Waals surface area contributed by atoms with E-state index < -0.39 is 0 Å². The van der Waals surface area contributed by atoms with Crippen molar-refractivity contribution in [2.24, 2.45) is 0 Å². The molecule has 4 heteroatoms. The maximum atomic E-state index is 13.3. The summed E-state index contributed by atoms with van der Waals surface area (Å²) in [6.07, 6.45) is 0.631. The first-order valence-corrected chi connectivity index (χ1v) is 7.14. The van der Waals surface area contributed by atoms with Crippen molar-refractivity contribution in [3.63, 3.8) is 0 Å². The fourth-order valence-corrected chi connectivity index (χ4v) is 2.66. The van der Waals surface area contributed by atoms with Gasteiger partial charge in [0.05, 0.1) is 0 Å². The van der Waals surface area contributed by atoms with E-state index in [2.05, 4.69) is 0 Å². The van der Waals surface area contributed by atoms with E-state index >= 15 is 0 Å². The smallest absolute Gasteiger partial charge is 0.123 e. The Balaban J connectivity index is 2.26. The summed E-state index contributed by atoms with van der Waals surface area (Å²) in [7, 11) is 0. The van der Waals surface area contributed by atoms with E-state index in [1.807, 2.05) is 12.1 Å². The summed E-state index contributed by atoms with van der Waals surface area (Å²) in [5.74, 6) is 0.143. The maximum Gasteiger partial charge on any atom is 0.123 e. The topological polar surface area (TPSA) is 0 Å². The van der Waals surface area contributed by atoms with Gasteiger partial charge in [-0.25, -0.2) is 4.39 Å². The number of benzene rings is 2. The normalized spacial score (nSPS) is 12.4. The van der Waals surface area contributed by atoms with Crippen molar-refractivity contribution in [3.05, 3.63) is 69.5 Å². The van der Waals surface area contributed by atoms with Crippen molar-refractivity contribution in [1.82, 2.24) is 0 Å². The van der Waals surface area contributed by atoms with Crippen molar-refractivity contribution in [2.75, 3.05) is 5.88 Å². The van der Waals surface area contributed by atoms with Crippen LogP contribution in [0, 0.1) is 5.82 Å². The molecule has 0 aliphatic carbocycles. The fourth-order valence-electron chi connectivity index (χ4n) is 1.99. The molecule has 0 radical (unpaired) electrons. The molecule has 2 aromatic rings. The van der Waals surface area contributed by atoms with Gasteiger partial charge in [0.1, 0.15) is 5.82 Å². The molecular formula is C15H12Cl3F. The molecule has 0 nitrogen and oxygen atoms in total. The summed E-state index contributed by atoms with van der Waals surface area (Å²) in [5, 5.41) is 1.28. The van der Waals surface area contributed by atoms with Gasteiger partial charge >= 0.3 is 0 Å². The summed E-state index contributed by atoms with van der Waals surface area (Å²) in [6, 6.07) is 11.8. The van der Waals surface area contributed by atoms with Gasteiger partial charge in [0.2, 0.25) is 0 Å². The van der Waals surface area contributed by atoms with Gasteiger partial charge in [-0.05, 0) is 47.9 Å². The lowest BCUT2D eigenvalue weighted by atomic mass is 9.93. The third-order valence-electron chi connectivity index (χ3n) is 2.98. The van der Waals surface area contributed by atoms with E-state index in [1.165, 1.54) is 12.1 Å². The highest BCUT2D eigenvalue weighted by Crippen LogP contribution is 2.28. The first-order valence-electron chi connectivity index (χ1n) is 5.85. The second-order valence-electron chi connectivity index (χ2n) is 4.35. The van der Waals surface area contributed by atoms with Crippen LogP contribution in [0.25, 0.3) is 0 Å². The quantitative estimate of drug-likeness (QED) is 0.635. The molecule has 0 spiro atoms. The van der Waals surface area contributed by atoms with Crippen molar-refractivity contribution < 1.29 is 4.39 Å². The van der Waals surface area contributed by atoms with Crippen LogP contribution in [0.3, 0.4) is 0 Å². The van der Waals surface area contributed by atoms with E-state index in [0.29, 0.717) is 22.3 Å². The van der Waals surface area contributed by atoms with Crippen LogP contribution in [0.5, 0.6) is 0 Å². The Morgan fingerprint density at radius 3 is 2.53 bits per heavy atom. The van der Waals surface area contributed by atoms with E-state index in [9.17, 15) is 4.39 Å². The zero-order chi connectivity index (χ0) is 13.8. The van der Waals surface area contributed by atoms with E-state index in [1.54, 1.807) is 18.2 Å². The Hall–Kier alpha value is -0.760. The van der Waals surface area contributed by atoms with Gasteiger partial charge in [-0.15, -0.1) is 11.6 Å². The predicted molar refractivity (Wildman–Crippen MR) is 80.0 cm³/mol. The molecule has 1 atom stereocenters. The Labute approximate surface area is 127 Å². The van der Waals surface area contributed by atoms with Crippen molar-refractivity contribution in [1.29, 1.82) is 0 Å². The van der Waals surface area contributed by atoms with Crippen molar-refractivity contribution in [2.45, 2.75) is 12.3 Å². The third-order valence-corrected chi connectivity index (χ3v) is 3.96. The number of alkyl halides is 1. The van der Waals surface area contributed by atoms with Crippen LogP contribution >= 0.6 is 34.8 Å². The molecule has 0 saturated carbocycles. The predicted octanol–water partition coefficient (Wildman–Crippen LogP) is 5.70. The first kappa shape index (κ1) is 14.6. The average Bonchev–Trinajstić information content (AvgIpc) is 2.39. The zero-order valence-electron chi connectivity index (χ0n) is 10.0. The average molecular weight is 318 g/mol. The monoisotopic (exact) mass is 316 g/mol. The Kier molecular flexibility index (Phi) is 5.09. The van der Waals surface area contributed by atoms with E-state index in [0.717, 1.165) is 11.1 Å². The molecule has 0 aliphatic heterocycles. The minimum atomic E-state index is -0.259. The lowest BCUT2D eigenvalue weighted by molar-refractivity contribution is 0.621. The minimum absolute atomic E-state index is 0.00772. The van der Waals surface area contributed by atoms with Crippen LogP contribution in [-0.2, 0) is 6.42 Å². The summed E-state index contributed by atoms with van der Waals surface area (Å²) < 4.78 is 13.3. The van der Waals surface area contributed by atoms with Gasteiger partial charge in [-0.2, -0.15) is 0 Å². The molecular weight excluding hydrogens is 306 g/mol. The Morgan fingerprint density at radius 1 is 1.05 bits per heavy atom. The van der Waals surface area contributed by atoms with Crippen LogP contribution in [0.15, 0.2) is 42.5 Å². The van der Waals surface area contributed by atoms with Crippen LogP contribution in [0.1, 0.15) is 17.0 Å². The molecule has 1 unspecified atom stereocenters. The standard InChI is InChI=1S/C15H12Cl3F/c16-9-12(10-2-1-3-14(19)8-10)6-11-7-13(17)4-5-15(11)18/h1-5,7-8,12H,6,9H2. The molecule has 0 saturated heterocycles. The Morgan fingerprint density at radius 2 is 1.84 bits per heavy atom. The summed E-state index contributed by atoms with van der Waals surface area (Å²) in [5.41, 5.74) is 1.79. The molecule has 0 heterocycles. The number of hydrogen-bond donors (Lipinski definition) is 0. The van der Waals surface area contributed by atoms with Crippen LogP contribution in [-0.4, -0.2) is 5.88 Å². The summed E-state index contributed by atoms with van der Waals surface area (Å²) >= 11 is 18.1. The maximum absolute atomic E-state index is 13.3. The van der Waals surface area contributed by atoms with E-state index in [4.69, 9.17) is 34.8 Å². The minimum Gasteiger partial charge on any atom is -0.207 e. The van der Waals surface area contributed by atoms with Gasteiger partial charge in [0.15, 0.2) is 0 Å². The molecule has 2 rings (SSSR count). The molecule has 0 N–H and O–H groups in total. The zero-order valence-corrected chi connectivity index (χ0v) is 12.3. The van der Waals surface area contributed by atoms with Gasteiger partial charge in [0, 0.05) is 21.8 Å². The van der Waals surface area contributed by atoms with E-state index in [-0.39, 0.29) is 11.7 Å². The lowest BCUT2D eigenvalue weighted by Gasteiger charge is -2.15. The lowest BCUT2D eigenvalue weighted by Crippen LogP contribution is -2.05. The number of halogens is 4. The van der Waals surface area contributed by atoms with Crippen molar-refractivity contribution in [3.8, 4) is 0 Å². The van der Waals surface area contributed by atoms with Gasteiger partial charge in [-0.1, -0.05) is 35.3 Å². The molecule has 0 aliphatic rings. The summed E-state index contributed by atoms with van der Waals surface area (Å²) in [6.45, 7) is 0. The van der Waals surface area contributed by atoms with Crippen LogP contribution < -0.4 is 0 Å². The molecule has 100 valence electrons. The first-order chi connectivity index (χ1) is 9.10. The number of hydrogen-bond acceptors (Lipinski definition) is 0. The second-order valence-corrected chi connectivity index (χ2v) is 5.50. The molecule has 0 aromatic heterocycles. The van der Waals surface area contributed by atoms with Gasteiger partial charge < -0.3 is 0 Å². The summed E-state index contributed by atoms with van der Waals surface area (Å²) in [4.78, 5) is 0. The SMILES string of the molecule is Fc1cccc(C(CCl)Cc2cc(Cl)ccc2Cl)c1.